The largest absolute Gasteiger partial charge is 0.348 e. The van der Waals surface area contributed by atoms with Crippen LogP contribution < -0.4 is 5.32 Å². The van der Waals surface area contributed by atoms with E-state index in [1.165, 1.54) is 12.1 Å². The van der Waals surface area contributed by atoms with E-state index in [0.29, 0.717) is 17.7 Å². The third kappa shape index (κ3) is 3.41. The number of rotatable bonds is 3. The third-order valence-corrected chi connectivity index (χ3v) is 2.96. The fourth-order valence-electron chi connectivity index (χ4n) is 1.89. The molecule has 0 aromatic heterocycles. The summed E-state index contributed by atoms with van der Waals surface area (Å²) in [5.74, 6) is -0.486. The van der Waals surface area contributed by atoms with E-state index < -0.39 is 0 Å². The molecule has 0 fully saturated rings. The quantitative estimate of drug-likeness (QED) is 0.897. The number of halogens is 1. The molecule has 0 spiro atoms. The Labute approximate surface area is 112 Å². The van der Waals surface area contributed by atoms with E-state index in [2.05, 4.69) is 5.32 Å². The Kier molecular flexibility index (Phi) is 3.95. The van der Waals surface area contributed by atoms with Gasteiger partial charge >= 0.3 is 0 Å². The van der Waals surface area contributed by atoms with Crippen LogP contribution in [0.4, 0.5) is 4.39 Å². The Morgan fingerprint density at radius 1 is 1.16 bits per heavy atom. The molecule has 0 unspecified atom stereocenters. The summed E-state index contributed by atoms with van der Waals surface area (Å²) in [7, 11) is 0. The van der Waals surface area contributed by atoms with E-state index in [1.54, 1.807) is 13.0 Å². The van der Waals surface area contributed by atoms with Crippen LogP contribution in [0, 0.1) is 19.7 Å². The molecule has 0 aliphatic heterocycles. The Balaban J connectivity index is 2.03. The van der Waals surface area contributed by atoms with Gasteiger partial charge in [-0.25, -0.2) is 4.39 Å². The van der Waals surface area contributed by atoms with Gasteiger partial charge in [-0.3, -0.25) is 4.79 Å². The first-order chi connectivity index (χ1) is 9.06. The second kappa shape index (κ2) is 5.65. The number of benzene rings is 2. The predicted molar refractivity (Wildman–Crippen MR) is 73.5 cm³/mol. The van der Waals surface area contributed by atoms with Crippen LogP contribution in [0.5, 0.6) is 0 Å². The van der Waals surface area contributed by atoms with Crippen LogP contribution >= 0.6 is 0 Å². The zero-order chi connectivity index (χ0) is 13.8. The molecule has 19 heavy (non-hydrogen) atoms. The van der Waals surface area contributed by atoms with Gasteiger partial charge in [0.15, 0.2) is 0 Å². The molecular weight excluding hydrogens is 241 g/mol. The summed E-state index contributed by atoms with van der Waals surface area (Å²) in [6, 6.07) is 12.3. The van der Waals surface area contributed by atoms with Crippen LogP contribution in [-0.2, 0) is 6.54 Å². The summed E-state index contributed by atoms with van der Waals surface area (Å²) >= 11 is 0. The van der Waals surface area contributed by atoms with E-state index in [4.69, 9.17) is 0 Å². The highest BCUT2D eigenvalue weighted by Gasteiger charge is 2.07. The maximum atomic E-state index is 13.1. The first-order valence-electron chi connectivity index (χ1n) is 6.16. The SMILES string of the molecule is Cc1cccc(CNC(=O)c2ccc(F)c(C)c2)c1. The number of hydrogen-bond donors (Lipinski definition) is 1. The number of carbonyl (C=O) groups is 1. The Morgan fingerprint density at radius 2 is 1.95 bits per heavy atom. The highest BCUT2D eigenvalue weighted by molar-refractivity contribution is 5.94. The van der Waals surface area contributed by atoms with Gasteiger partial charge < -0.3 is 5.32 Å². The molecular formula is C16H16FNO. The molecule has 0 radical (unpaired) electrons. The number of hydrogen-bond acceptors (Lipinski definition) is 1. The molecule has 2 nitrogen and oxygen atoms in total. The normalized spacial score (nSPS) is 10.3. The molecule has 98 valence electrons. The van der Waals surface area contributed by atoms with Crippen molar-refractivity contribution in [3.63, 3.8) is 0 Å². The minimum atomic E-state index is -0.296. The zero-order valence-electron chi connectivity index (χ0n) is 11.0. The number of carbonyl (C=O) groups excluding carboxylic acids is 1. The highest BCUT2D eigenvalue weighted by atomic mass is 19.1. The molecule has 0 aliphatic carbocycles. The van der Waals surface area contributed by atoms with Crippen molar-refractivity contribution in [1.29, 1.82) is 0 Å². The lowest BCUT2D eigenvalue weighted by Crippen LogP contribution is -2.22. The van der Waals surface area contributed by atoms with Crippen LogP contribution in [0.15, 0.2) is 42.5 Å². The molecule has 0 bridgehead atoms. The maximum Gasteiger partial charge on any atom is 0.251 e. The van der Waals surface area contributed by atoms with Crippen molar-refractivity contribution in [2.24, 2.45) is 0 Å². The highest BCUT2D eigenvalue weighted by Crippen LogP contribution is 2.09. The second-order valence-corrected chi connectivity index (χ2v) is 4.64. The van der Waals surface area contributed by atoms with E-state index in [-0.39, 0.29) is 11.7 Å². The van der Waals surface area contributed by atoms with Gasteiger partial charge in [-0.15, -0.1) is 0 Å². The van der Waals surface area contributed by atoms with Gasteiger partial charge in [0.2, 0.25) is 0 Å². The number of aryl methyl sites for hydroxylation is 2. The molecule has 2 aromatic carbocycles. The Morgan fingerprint density at radius 3 is 2.63 bits per heavy atom. The summed E-state index contributed by atoms with van der Waals surface area (Å²) < 4.78 is 13.1. The summed E-state index contributed by atoms with van der Waals surface area (Å²) in [5, 5.41) is 2.83. The summed E-state index contributed by atoms with van der Waals surface area (Å²) in [6.07, 6.45) is 0. The summed E-state index contributed by atoms with van der Waals surface area (Å²) in [5.41, 5.74) is 3.16. The molecule has 0 aliphatic rings. The average molecular weight is 257 g/mol. The molecule has 1 N–H and O–H groups in total. The van der Waals surface area contributed by atoms with Crippen molar-refractivity contribution in [2.45, 2.75) is 20.4 Å². The Bertz CT molecular complexity index is 607. The topological polar surface area (TPSA) is 29.1 Å². The predicted octanol–water partition coefficient (Wildman–Crippen LogP) is 3.37. The molecule has 0 saturated carbocycles. The van der Waals surface area contributed by atoms with E-state index in [1.807, 2.05) is 31.2 Å². The van der Waals surface area contributed by atoms with Crippen molar-refractivity contribution in [1.82, 2.24) is 5.32 Å². The number of nitrogens with one attached hydrogen (secondary N) is 1. The minimum Gasteiger partial charge on any atom is -0.348 e. The maximum absolute atomic E-state index is 13.1. The molecule has 2 rings (SSSR count). The van der Waals surface area contributed by atoms with Crippen LogP contribution in [-0.4, -0.2) is 5.91 Å². The lowest BCUT2D eigenvalue weighted by Gasteiger charge is -2.07. The Hall–Kier alpha value is -2.16. The van der Waals surface area contributed by atoms with E-state index >= 15 is 0 Å². The van der Waals surface area contributed by atoms with E-state index in [0.717, 1.165) is 11.1 Å². The fraction of sp³-hybridized carbons (Fsp3) is 0.188. The smallest absolute Gasteiger partial charge is 0.251 e. The molecule has 0 saturated heterocycles. The zero-order valence-corrected chi connectivity index (χ0v) is 11.0. The summed E-state index contributed by atoms with van der Waals surface area (Å²) in [6.45, 7) is 4.12. The van der Waals surface area contributed by atoms with Gasteiger partial charge in [-0.05, 0) is 43.2 Å². The standard InChI is InChI=1S/C16H16FNO/c1-11-4-3-5-13(8-11)10-18-16(19)14-6-7-15(17)12(2)9-14/h3-9H,10H2,1-2H3,(H,18,19). The first kappa shape index (κ1) is 13.3. The van der Waals surface area contributed by atoms with Crippen LogP contribution in [0.25, 0.3) is 0 Å². The molecule has 0 atom stereocenters. The lowest BCUT2D eigenvalue weighted by atomic mass is 10.1. The third-order valence-electron chi connectivity index (χ3n) is 2.96. The molecule has 0 heterocycles. The minimum absolute atomic E-state index is 0.190. The van der Waals surface area contributed by atoms with Crippen LogP contribution in [0.1, 0.15) is 27.0 Å². The van der Waals surface area contributed by atoms with Gasteiger partial charge in [0, 0.05) is 12.1 Å². The van der Waals surface area contributed by atoms with Crippen molar-refractivity contribution < 1.29 is 9.18 Å². The molecule has 3 heteroatoms. The second-order valence-electron chi connectivity index (χ2n) is 4.64. The molecule has 2 aromatic rings. The van der Waals surface area contributed by atoms with Gasteiger partial charge in [0.25, 0.3) is 5.91 Å². The van der Waals surface area contributed by atoms with Gasteiger partial charge in [-0.2, -0.15) is 0 Å². The van der Waals surface area contributed by atoms with Gasteiger partial charge in [0.1, 0.15) is 5.82 Å². The molecule has 1 amide bonds. The van der Waals surface area contributed by atoms with Crippen LogP contribution in [0.2, 0.25) is 0 Å². The van der Waals surface area contributed by atoms with Crippen molar-refractivity contribution in [3.8, 4) is 0 Å². The van der Waals surface area contributed by atoms with Crippen molar-refractivity contribution >= 4 is 5.91 Å². The number of amides is 1. The summed E-state index contributed by atoms with van der Waals surface area (Å²) in [4.78, 5) is 11.9. The van der Waals surface area contributed by atoms with Crippen molar-refractivity contribution in [2.75, 3.05) is 0 Å². The monoisotopic (exact) mass is 257 g/mol. The fourth-order valence-corrected chi connectivity index (χ4v) is 1.89. The van der Waals surface area contributed by atoms with Gasteiger partial charge in [-0.1, -0.05) is 29.8 Å². The van der Waals surface area contributed by atoms with Gasteiger partial charge in [0.05, 0.1) is 0 Å². The van der Waals surface area contributed by atoms with E-state index in [9.17, 15) is 9.18 Å². The lowest BCUT2D eigenvalue weighted by molar-refractivity contribution is 0.0951. The van der Waals surface area contributed by atoms with Crippen molar-refractivity contribution in [3.05, 3.63) is 70.5 Å². The average Bonchev–Trinajstić information content (AvgIpc) is 2.39. The van der Waals surface area contributed by atoms with Crippen LogP contribution in [0.3, 0.4) is 0 Å². The first-order valence-corrected chi connectivity index (χ1v) is 6.16.